The zero-order valence-electron chi connectivity index (χ0n) is 13.2. The van der Waals surface area contributed by atoms with Crippen LogP contribution in [0.4, 0.5) is 0 Å². The van der Waals surface area contributed by atoms with Crippen molar-refractivity contribution in [1.82, 2.24) is 14.5 Å². The molecule has 0 aliphatic carbocycles. The van der Waals surface area contributed by atoms with E-state index in [-0.39, 0.29) is 0 Å². The number of sulfonamides is 1. The number of rotatable bonds is 8. The zero-order valence-corrected chi connectivity index (χ0v) is 14.8. The average Bonchev–Trinajstić information content (AvgIpc) is 2.98. The fourth-order valence-electron chi connectivity index (χ4n) is 2.56. The molecule has 1 atom stereocenters. The molecular weight excluding hydrogens is 322 g/mol. The number of likely N-dealkylation sites (N-methyl/N-ethyl adjacent to an activating group) is 1. The highest BCUT2D eigenvalue weighted by molar-refractivity contribution is 7.88. The Balaban J connectivity index is 1.91. The van der Waals surface area contributed by atoms with Gasteiger partial charge in [-0.1, -0.05) is 6.07 Å². The number of nitrogens with one attached hydrogen (secondary N) is 1. The van der Waals surface area contributed by atoms with Gasteiger partial charge in [0.15, 0.2) is 0 Å². The second-order valence-corrected chi connectivity index (χ2v) is 8.42. The van der Waals surface area contributed by atoms with Crippen molar-refractivity contribution in [2.24, 2.45) is 0 Å². The van der Waals surface area contributed by atoms with E-state index in [2.05, 4.69) is 32.0 Å². The van der Waals surface area contributed by atoms with E-state index in [1.807, 2.05) is 7.05 Å². The molecule has 0 saturated carbocycles. The fourth-order valence-corrected chi connectivity index (χ4v) is 3.88. The molecule has 2 rings (SSSR count). The van der Waals surface area contributed by atoms with Crippen molar-refractivity contribution in [2.45, 2.75) is 6.04 Å². The van der Waals surface area contributed by atoms with E-state index in [1.54, 1.807) is 11.3 Å². The lowest BCUT2D eigenvalue weighted by Gasteiger charge is -2.36. The molecular formula is C14H25N3O3S2. The van der Waals surface area contributed by atoms with Gasteiger partial charge in [-0.3, -0.25) is 4.90 Å². The molecule has 0 bridgehead atoms. The Labute approximate surface area is 137 Å². The molecule has 1 saturated heterocycles. The second-order valence-electron chi connectivity index (χ2n) is 5.61. The van der Waals surface area contributed by atoms with E-state index in [9.17, 15) is 8.42 Å². The zero-order chi connectivity index (χ0) is 16.0. The fraction of sp³-hybridized carbons (Fsp3) is 0.714. The number of thiophene rings is 1. The van der Waals surface area contributed by atoms with Crippen molar-refractivity contribution in [1.29, 1.82) is 0 Å². The van der Waals surface area contributed by atoms with E-state index >= 15 is 0 Å². The van der Waals surface area contributed by atoms with Crippen molar-refractivity contribution in [3.05, 3.63) is 22.4 Å². The van der Waals surface area contributed by atoms with Gasteiger partial charge in [0, 0.05) is 37.6 Å². The van der Waals surface area contributed by atoms with Gasteiger partial charge in [0.05, 0.1) is 25.5 Å². The lowest BCUT2D eigenvalue weighted by atomic mass is 10.1. The normalized spacial score (nSPS) is 18.7. The third-order valence-electron chi connectivity index (χ3n) is 3.70. The Bertz CT molecular complexity index is 528. The number of nitrogens with zero attached hydrogens (tertiary/aromatic N) is 2. The molecule has 0 spiro atoms. The van der Waals surface area contributed by atoms with Crippen LogP contribution >= 0.6 is 11.3 Å². The molecule has 0 radical (unpaired) electrons. The third kappa shape index (κ3) is 5.94. The van der Waals surface area contributed by atoms with Crippen LogP contribution in [-0.2, 0) is 14.8 Å². The summed E-state index contributed by atoms with van der Waals surface area (Å²) < 4.78 is 30.2. The molecule has 1 aromatic heterocycles. The lowest BCUT2D eigenvalue weighted by Crippen LogP contribution is -2.44. The predicted octanol–water partition coefficient (Wildman–Crippen LogP) is 0.602. The van der Waals surface area contributed by atoms with Crippen LogP contribution in [0, 0.1) is 0 Å². The summed E-state index contributed by atoms with van der Waals surface area (Å²) in [5, 5.41) is 2.11. The summed E-state index contributed by atoms with van der Waals surface area (Å²) in [6.07, 6.45) is 1.19. The maximum Gasteiger partial charge on any atom is 0.208 e. The van der Waals surface area contributed by atoms with Crippen molar-refractivity contribution in [3.8, 4) is 0 Å². The quantitative estimate of drug-likeness (QED) is 0.746. The average molecular weight is 348 g/mol. The predicted molar refractivity (Wildman–Crippen MR) is 89.8 cm³/mol. The molecule has 6 nitrogen and oxygen atoms in total. The summed E-state index contributed by atoms with van der Waals surface area (Å²) in [6, 6.07) is 4.60. The molecule has 1 N–H and O–H groups in total. The summed E-state index contributed by atoms with van der Waals surface area (Å²) >= 11 is 1.77. The smallest absolute Gasteiger partial charge is 0.208 e. The SMILES string of the molecule is CN(CCNS(C)(=O)=O)CC(c1cccs1)N1CCOCC1. The molecule has 1 aliphatic rings. The van der Waals surface area contributed by atoms with Crippen molar-refractivity contribution in [3.63, 3.8) is 0 Å². The Morgan fingerprint density at radius 2 is 2.18 bits per heavy atom. The minimum absolute atomic E-state index is 0.340. The Morgan fingerprint density at radius 3 is 2.77 bits per heavy atom. The van der Waals surface area contributed by atoms with Gasteiger partial charge in [-0.15, -0.1) is 11.3 Å². The number of hydrogen-bond donors (Lipinski definition) is 1. The highest BCUT2D eigenvalue weighted by Crippen LogP contribution is 2.26. The van der Waals surface area contributed by atoms with Crippen LogP contribution in [0.2, 0.25) is 0 Å². The van der Waals surface area contributed by atoms with Gasteiger partial charge in [-0.05, 0) is 18.5 Å². The van der Waals surface area contributed by atoms with Gasteiger partial charge in [-0.2, -0.15) is 0 Å². The molecule has 8 heteroatoms. The highest BCUT2D eigenvalue weighted by atomic mass is 32.2. The molecule has 0 aromatic carbocycles. The highest BCUT2D eigenvalue weighted by Gasteiger charge is 2.24. The van der Waals surface area contributed by atoms with Crippen LogP contribution in [0.5, 0.6) is 0 Å². The van der Waals surface area contributed by atoms with Crippen LogP contribution in [0.1, 0.15) is 10.9 Å². The number of morpholine rings is 1. The molecule has 1 unspecified atom stereocenters. The van der Waals surface area contributed by atoms with E-state index < -0.39 is 10.0 Å². The molecule has 1 aliphatic heterocycles. The molecule has 1 aromatic rings. The molecule has 1 fully saturated rings. The van der Waals surface area contributed by atoms with Gasteiger partial charge >= 0.3 is 0 Å². The molecule has 2 heterocycles. The first-order valence-electron chi connectivity index (χ1n) is 7.44. The summed E-state index contributed by atoms with van der Waals surface area (Å²) in [5.74, 6) is 0. The van der Waals surface area contributed by atoms with Crippen molar-refractivity contribution >= 4 is 21.4 Å². The third-order valence-corrected chi connectivity index (χ3v) is 5.40. The van der Waals surface area contributed by atoms with Gasteiger partial charge in [0.25, 0.3) is 0 Å². The standard InChI is InChI=1S/C14H25N3O3S2/c1-16(6-5-15-22(2,18)19)12-13(14-4-3-11-21-14)17-7-9-20-10-8-17/h3-4,11,13,15H,5-10,12H2,1-2H3. The Morgan fingerprint density at radius 1 is 1.45 bits per heavy atom. The van der Waals surface area contributed by atoms with Crippen molar-refractivity contribution in [2.75, 3.05) is 59.2 Å². The lowest BCUT2D eigenvalue weighted by molar-refractivity contribution is 0.0103. The van der Waals surface area contributed by atoms with E-state index in [0.717, 1.165) is 32.8 Å². The van der Waals surface area contributed by atoms with Gasteiger partial charge in [-0.25, -0.2) is 13.1 Å². The molecule has 22 heavy (non-hydrogen) atoms. The topological polar surface area (TPSA) is 61.9 Å². The van der Waals surface area contributed by atoms with E-state index in [4.69, 9.17) is 4.74 Å². The maximum absolute atomic E-state index is 11.1. The van der Waals surface area contributed by atoms with Crippen LogP contribution < -0.4 is 4.72 Å². The summed E-state index contributed by atoms with van der Waals surface area (Å²) in [5.41, 5.74) is 0. The van der Waals surface area contributed by atoms with E-state index in [0.29, 0.717) is 19.1 Å². The number of hydrogen-bond acceptors (Lipinski definition) is 6. The monoisotopic (exact) mass is 347 g/mol. The second kappa shape index (κ2) is 8.37. The molecule has 0 amide bonds. The number of ether oxygens (including phenoxy) is 1. The minimum Gasteiger partial charge on any atom is -0.379 e. The van der Waals surface area contributed by atoms with Crippen LogP contribution in [-0.4, -0.2) is 77.5 Å². The first kappa shape index (κ1) is 17.8. The van der Waals surface area contributed by atoms with Gasteiger partial charge in [0.1, 0.15) is 0 Å². The van der Waals surface area contributed by atoms with Gasteiger partial charge in [0.2, 0.25) is 10.0 Å². The minimum atomic E-state index is -3.11. The van der Waals surface area contributed by atoms with Crippen molar-refractivity contribution < 1.29 is 13.2 Å². The van der Waals surface area contributed by atoms with Crippen LogP contribution in [0.15, 0.2) is 17.5 Å². The maximum atomic E-state index is 11.1. The summed E-state index contributed by atoms with van der Waals surface area (Å²) in [6.45, 7) is 5.46. The largest absolute Gasteiger partial charge is 0.379 e. The summed E-state index contributed by atoms with van der Waals surface area (Å²) in [7, 11) is -1.08. The molecule has 126 valence electrons. The first-order valence-corrected chi connectivity index (χ1v) is 10.2. The first-order chi connectivity index (χ1) is 10.5. The van der Waals surface area contributed by atoms with E-state index in [1.165, 1.54) is 11.1 Å². The Hall–Kier alpha value is -0.510. The summed E-state index contributed by atoms with van der Waals surface area (Å²) in [4.78, 5) is 5.98. The van der Waals surface area contributed by atoms with Gasteiger partial charge < -0.3 is 9.64 Å². The van der Waals surface area contributed by atoms with Crippen LogP contribution in [0.3, 0.4) is 0 Å². The Kier molecular flexibility index (Phi) is 6.79. The van der Waals surface area contributed by atoms with Crippen LogP contribution in [0.25, 0.3) is 0 Å².